The van der Waals surface area contributed by atoms with Crippen molar-refractivity contribution in [2.75, 3.05) is 38.4 Å². The molecule has 13 nitrogen and oxygen atoms in total. The van der Waals surface area contributed by atoms with Crippen molar-refractivity contribution in [2.45, 2.75) is 38.8 Å². The third-order valence-corrected chi connectivity index (χ3v) is 6.81. The van der Waals surface area contributed by atoms with E-state index in [1.165, 1.54) is 12.4 Å². The molecule has 4 rings (SSSR count). The first-order valence-corrected chi connectivity index (χ1v) is 15.0. The SMILES string of the molecule is Cn1c(CNc2cccc(C(=O)NCc3cc(OCCCCCOCCCOCC(=O)O)ccc3F)c2)nnc1-c1ccncn1. The summed E-state index contributed by atoms with van der Waals surface area (Å²) in [5.41, 5.74) is 2.13. The highest BCUT2D eigenvalue weighted by Gasteiger charge is 2.13. The van der Waals surface area contributed by atoms with E-state index < -0.39 is 11.8 Å². The molecule has 244 valence electrons. The summed E-state index contributed by atoms with van der Waals surface area (Å²) in [7, 11) is 1.85. The van der Waals surface area contributed by atoms with Gasteiger partial charge in [-0.2, -0.15) is 0 Å². The molecule has 14 heteroatoms. The molecule has 0 bridgehead atoms. The summed E-state index contributed by atoms with van der Waals surface area (Å²) in [5.74, 6) is 0.0781. The number of carbonyl (C=O) groups is 2. The van der Waals surface area contributed by atoms with Crippen LogP contribution >= 0.6 is 0 Å². The lowest BCUT2D eigenvalue weighted by Crippen LogP contribution is -2.23. The van der Waals surface area contributed by atoms with Gasteiger partial charge in [0.15, 0.2) is 11.6 Å². The maximum Gasteiger partial charge on any atom is 0.329 e. The summed E-state index contributed by atoms with van der Waals surface area (Å²) in [6.07, 6.45) is 6.31. The van der Waals surface area contributed by atoms with Gasteiger partial charge in [-0.25, -0.2) is 19.2 Å². The smallest absolute Gasteiger partial charge is 0.329 e. The molecule has 0 aliphatic carbocycles. The van der Waals surface area contributed by atoms with Crippen LogP contribution in [0, 0.1) is 5.82 Å². The van der Waals surface area contributed by atoms with Gasteiger partial charge in [0.05, 0.1) is 13.2 Å². The molecule has 0 unspecified atom stereocenters. The van der Waals surface area contributed by atoms with Crippen LogP contribution in [-0.4, -0.2) is 74.7 Å². The summed E-state index contributed by atoms with van der Waals surface area (Å²) in [4.78, 5) is 31.4. The second-order valence-corrected chi connectivity index (χ2v) is 10.3. The number of nitrogens with zero attached hydrogens (tertiary/aromatic N) is 5. The number of ether oxygens (including phenoxy) is 3. The largest absolute Gasteiger partial charge is 0.494 e. The standard InChI is InChI=1S/C32H38FN7O6/c1-40-29(38-39-31(40)28-11-12-34-22-37-28)20-35-25-8-5-7-23(17-25)32(43)36-19-24-18-26(9-10-27(24)33)46-16-4-2-3-13-44-14-6-15-45-21-30(41)42/h5,7-12,17-18,22,35H,2-4,6,13-16,19-21H2,1H3,(H,36,43)(H,41,42). The quantitative estimate of drug-likeness (QED) is 0.120. The third-order valence-electron chi connectivity index (χ3n) is 6.81. The first-order valence-electron chi connectivity index (χ1n) is 15.0. The molecule has 0 fully saturated rings. The Kier molecular flexibility index (Phi) is 13.4. The Balaban J connectivity index is 1.16. The number of carboxylic acids is 1. The zero-order valence-corrected chi connectivity index (χ0v) is 25.7. The molecule has 0 radical (unpaired) electrons. The molecule has 3 N–H and O–H groups in total. The number of carboxylic acid groups (broad SMARTS) is 1. The van der Waals surface area contributed by atoms with Crippen molar-refractivity contribution < 1.29 is 33.3 Å². The third kappa shape index (κ3) is 10.9. The first-order chi connectivity index (χ1) is 22.4. The molecular formula is C32H38FN7O6. The van der Waals surface area contributed by atoms with Gasteiger partial charge in [0, 0.05) is 56.4 Å². The summed E-state index contributed by atoms with van der Waals surface area (Å²) in [5, 5.41) is 23.0. The summed E-state index contributed by atoms with van der Waals surface area (Å²) in [6, 6.07) is 13.3. The molecule has 4 aromatic rings. The zero-order chi connectivity index (χ0) is 32.6. The van der Waals surface area contributed by atoms with Gasteiger partial charge in [-0.15, -0.1) is 10.2 Å². The van der Waals surface area contributed by atoms with Crippen LogP contribution in [0.4, 0.5) is 10.1 Å². The number of hydrogen-bond donors (Lipinski definition) is 3. The monoisotopic (exact) mass is 635 g/mol. The molecule has 2 aromatic carbocycles. The number of halogens is 1. The van der Waals surface area contributed by atoms with Gasteiger partial charge in [-0.3, -0.25) is 4.79 Å². The lowest BCUT2D eigenvalue weighted by molar-refractivity contribution is -0.142. The predicted octanol–water partition coefficient (Wildman–Crippen LogP) is 4.01. The lowest BCUT2D eigenvalue weighted by Gasteiger charge is -2.11. The van der Waals surface area contributed by atoms with Crippen LogP contribution in [0.1, 0.15) is 47.4 Å². The number of aliphatic carboxylic acids is 1. The number of rotatable bonds is 20. The maximum atomic E-state index is 14.5. The molecule has 1 amide bonds. The van der Waals surface area contributed by atoms with Gasteiger partial charge in [-0.05, 0) is 68.1 Å². The highest BCUT2D eigenvalue weighted by Crippen LogP contribution is 2.19. The van der Waals surface area contributed by atoms with E-state index in [9.17, 15) is 14.0 Å². The lowest BCUT2D eigenvalue weighted by atomic mass is 10.1. The Labute approximate surface area is 266 Å². The van der Waals surface area contributed by atoms with Gasteiger partial charge >= 0.3 is 5.97 Å². The van der Waals surface area contributed by atoms with Crippen molar-refractivity contribution in [3.63, 3.8) is 0 Å². The van der Waals surface area contributed by atoms with E-state index in [1.54, 1.807) is 42.6 Å². The Bertz CT molecular complexity index is 1550. The van der Waals surface area contributed by atoms with Crippen LogP contribution in [-0.2, 0) is 34.4 Å². The molecule has 0 spiro atoms. The highest BCUT2D eigenvalue weighted by atomic mass is 19.1. The van der Waals surface area contributed by atoms with Gasteiger partial charge in [-0.1, -0.05) is 6.07 Å². The minimum atomic E-state index is -0.982. The number of hydrogen-bond acceptors (Lipinski definition) is 10. The molecule has 2 aromatic heterocycles. The van der Waals surface area contributed by atoms with Gasteiger partial charge in [0.25, 0.3) is 5.91 Å². The molecule has 0 aliphatic heterocycles. The number of aromatic nitrogens is 5. The number of benzene rings is 2. The van der Waals surface area contributed by atoms with E-state index in [1.807, 2.05) is 17.7 Å². The minimum Gasteiger partial charge on any atom is -0.494 e. The average molecular weight is 636 g/mol. The van der Waals surface area contributed by atoms with E-state index >= 15 is 0 Å². The zero-order valence-electron chi connectivity index (χ0n) is 25.7. The summed E-state index contributed by atoms with van der Waals surface area (Å²) < 4.78 is 32.6. The molecule has 46 heavy (non-hydrogen) atoms. The van der Waals surface area contributed by atoms with E-state index in [2.05, 4.69) is 30.8 Å². The number of carbonyl (C=O) groups excluding carboxylic acids is 1. The van der Waals surface area contributed by atoms with Gasteiger partial charge < -0.3 is 34.5 Å². The van der Waals surface area contributed by atoms with Crippen LogP contribution < -0.4 is 15.4 Å². The van der Waals surface area contributed by atoms with Crippen molar-refractivity contribution in [1.82, 2.24) is 30.0 Å². The Morgan fingerprint density at radius 3 is 2.59 bits per heavy atom. The van der Waals surface area contributed by atoms with Crippen molar-refractivity contribution >= 4 is 17.6 Å². The number of nitrogens with one attached hydrogen (secondary N) is 2. The Hall–Kier alpha value is -4.95. The van der Waals surface area contributed by atoms with Crippen LogP contribution in [0.3, 0.4) is 0 Å². The van der Waals surface area contributed by atoms with Crippen LogP contribution in [0.5, 0.6) is 5.75 Å². The van der Waals surface area contributed by atoms with E-state index in [0.29, 0.717) is 73.6 Å². The van der Waals surface area contributed by atoms with Crippen molar-refractivity contribution in [3.8, 4) is 17.3 Å². The fraction of sp³-hybridized carbons (Fsp3) is 0.375. The minimum absolute atomic E-state index is 0.00294. The topological polar surface area (TPSA) is 163 Å². The Morgan fingerprint density at radius 1 is 0.935 bits per heavy atom. The fourth-order valence-electron chi connectivity index (χ4n) is 4.36. The van der Waals surface area contributed by atoms with Crippen LogP contribution in [0.15, 0.2) is 61.1 Å². The van der Waals surface area contributed by atoms with E-state index in [0.717, 1.165) is 24.9 Å². The normalized spacial score (nSPS) is 10.9. The number of amides is 1. The molecule has 0 aliphatic rings. The first kappa shape index (κ1) is 33.9. The average Bonchev–Trinajstić information content (AvgIpc) is 3.44. The second kappa shape index (κ2) is 18.1. The Morgan fingerprint density at radius 2 is 1.76 bits per heavy atom. The van der Waals surface area contributed by atoms with Crippen molar-refractivity contribution in [3.05, 3.63) is 83.8 Å². The molecule has 0 atom stereocenters. The van der Waals surface area contributed by atoms with Crippen molar-refractivity contribution in [2.24, 2.45) is 7.05 Å². The fourth-order valence-corrected chi connectivity index (χ4v) is 4.36. The summed E-state index contributed by atoms with van der Waals surface area (Å²) in [6.45, 7) is 2.03. The van der Waals surface area contributed by atoms with Crippen molar-refractivity contribution in [1.29, 1.82) is 0 Å². The molecule has 2 heterocycles. The van der Waals surface area contributed by atoms with Gasteiger partial charge in [0.1, 0.15) is 30.2 Å². The predicted molar refractivity (Wildman–Crippen MR) is 167 cm³/mol. The van der Waals surface area contributed by atoms with Crippen LogP contribution in [0.25, 0.3) is 11.5 Å². The molecule has 0 saturated heterocycles. The van der Waals surface area contributed by atoms with E-state index in [-0.39, 0.29) is 19.1 Å². The highest BCUT2D eigenvalue weighted by molar-refractivity contribution is 5.95. The number of anilines is 1. The summed E-state index contributed by atoms with van der Waals surface area (Å²) >= 11 is 0. The van der Waals surface area contributed by atoms with Crippen LogP contribution in [0.2, 0.25) is 0 Å². The number of unbranched alkanes of at least 4 members (excludes halogenated alkanes) is 2. The maximum absolute atomic E-state index is 14.5. The molecule has 0 saturated carbocycles. The van der Waals surface area contributed by atoms with Gasteiger partial charge in [0.2, 0.25) is 0 Å². The van der Waals surface area contributed by atoms with E-state index in [4.69, 9.17) is 19.3 Å². The second-order valence-electron chi connectivity index (χ2n) is 10.3. The molecular weight excluding hydrogens is 597 g/mol.